The van der Waals surface area contributed by atoms with E-state index in [2.05, 4.69) is 45.0 Å². The second kappa shape index (κ2) is 8.24. The average molecular weight is 350 g/mol. The van der Waals surface area contributed by atoms with Gasteiger partial charge in [-0.1, -0.05) is 31.2 Å². The molecule has 0 aliphatic rings. The van der Waals surface area contributed by atoms with E-state index in [1.807, 2.05) is 12.1 Å². The summed E-state index contributed by atoms with van der Waals surface area (Å²) < 4.78 is 5.13. The first-order chi connectivity index (χ1) is 12.7. The third-order valence-electron chi connectivity index (χ3n) is 4.19. The Balaban J connectivity index is 1.77. The van der Waals surface area contributed by atoms with Crippen LogP contribution < -0.4 is 15.2 Å². The second-order valence-electron chi connectivity index (χ2n) is 5.88. The highest BCUT2D eigenvalue weighted by atomic mass is 16.5. The number of rotatable bonds is 7. The van der Waals surface area contributed by atoms with E-state index in [9.17, 15) is 4.79 Å². The molecular weight excluding hydrogens is 330 g/mol. The van der Waals surface area contributed by atoms with E-state index in [1.165, 1.54) is 5.56 Å². The van der Waals surface area contributed by atoms with Crippen LogP contribution in [0, 0.1) is 0 Å². The minimum Gasteiger partial charge on any atom is -0.497 e. The summed E-state index contributed by atoms with van der Waals surface area (Å²) in [6.07, 6.45) is 1.45. The van der Waals surface area contributed by atoms with E-state index in [0.29, 0.717) is 17.9 Å². The van der Waals surface area contributed by atoms with E-state index in [0.717, 1.165) is 17.7 Å². The fourth-order valence-corrected chi connectivity index (χ4v) is 2.64. The normalized spacial score (nSPS) is 11.8. The molecule has 0 aliphatic heterocycles. The number of hydrogen-bond acceptors (Lipinski definition) is 5. The number of aryl methyl sites for hydroxylation is 1. The number of tetrazole rings is 1. The van der Waals surface area contributed by atoms with Gasteiger partial charge in [-0.3, -0.25) is 15.1 Å². The lowest BCUT2D eigenvalue weighted by atomic mass is 9.96. The van der Waals surface area contributed by atoms with Gasteiger partial charge in [-0.15, -0.1) is 0 Å². The van der Waals surface area contributed by atoms with E-state index in [-0.39, 0.29) is 5.91 Å². The van der Waals surface area contributed by atoms with Crippen molar-refractivity contribution < 1.29 is 9.53 Å². The Morgan fingerprint density at radius 2 is 1.81 bits per heavy atom. The monoisotopic (exact) mass is 350 g/mol. The van der Waals surface area contributed by atoms with Gasteiger partial charge in [0.2, 0.25) is 5.91 Å². The summed E-state index contributed by atoms with van der Waals surface area (Å²) in [5, 5.41) is 17.7. The maximum atomic E-state index is 12.8. The second-order valence-corrected chi connectivity index (χ2v) is 5.88. The standard InChI is InChI=1S/C19H21N5O2/c1-3-13-4-6-14(7-5-13)12-17(18-21-23-24-22-18)19(25)20-15-8-10-16(26-2)11-9-15/h4-11,17H,3,12H2,1-2H3,(H2,20,21,22,23,24,25)/p-1/t17-/m0/s1. The maximum absolute atomic E-state index is 12.8. The SMILES string of the molecule is CCc1ccc(C[C@H](C(=O)Nc2ccc(OC)cc2)c2nnn[n-]2)cc1. The largest absolute Gasteiger partial charge is 0.497 e. The number of methoxy groups -OCH3 is 1. The lowest BCUT2D eigenvalue weighted by Gasteiger charge is -2.17. The lowest BCUT2D eigenvalue weighted by molar-refractivity contribution is -0.117. The van der Waals surface area contributed by atoms with E-state index < -0.39 is 5.92 Å². The van der Waals surface area contributed by atoms with Crippen molar-refractivity contribution in [2.24, 2.45) is 0 Å². The van der Waals surface area contributed by atoms with Gasteiger partial charge < -0.3 is 15.2 Å². The maximum Gasteiger partial charge on any atom is 0.232 e. The molecule has 134 valence electrons. The van der Waals surface area contributed by atoms with Crippen molar-refractivity contribution >= 4 is 11.6 Å². The van der Waals surface area contributed by atoms with Crippen LogP contribution in [0.3, 0.4) is 0 Å². The quantitative estimate of drug-likeness (QED) is 0.703. The summed E-state index contributed by atoms with van der Waals surface area (Å²) >= 11 is 0. The average Bonchev–Trinajstić information content (AvgIpc) is 3.21. The number of aromatic nitrogens is 4. The third-order valence-corrected chi connectivity index (χ3v) is 4.19. The van der Waals surface area contributed by atoms with Crippen LogP contribution in [0.4, 0.5) is 5.69 Å². The number of nitrogens with zero attached hydrogens (tertiary/aromatic N) is 4. The Kier molecular flexibility index (Phi) is 5.58. The molecule has 1 aromatic heterocycles. The van der Waals surface area contributed by atoms with Crippen LogP contribution in [0.25, 0.3) is 0 Å². The Bertz CT molecular complexity index is 829. The van der Waals surface area contributed by atoms with Gasteiger partial charge in [0.1, 0.15) is 5.75 Å². The summed E-state index contributed by atoms with van der Waals surface area (Å²) in [4.78, 5) is 12.8. The molecule has 1 N–H and O–H groups in total. The number of anilines is 1. The van der Waals surface area contributed by atoms with Crippen molar-refractivity contribution in [3.05, 3.63) is 65.5 Å². The molecule has 26 heavy (non-hydrogen) atoms. The summed E-state index contributed by atoms with van der Waals surface area (Å²) in [6, 6.07) is 15.3. The number of carbonyl (C=O) groups is 1. The molecule has 0 unspecified atom stereocenters. The fraction of sp³-hybridized carbons (Fsp3) is 0.263. The molecule has 0 bridgehead atoms. The lowest BCUT2D eigenvalue weighted by Crippen LogP contribution is -2.24. The molecule has 1 heterocycles. The minimum absolute atomic E-state index is 0.204. The smallest absolute Gasteiger partial charge is 0.232 e. The highest BCUT2D eigenvalue weighted by Crippen LogP contribution is 2.21. The van der Waals surface area contributed by atoms with Crippen LogP contribution in [0.2, 0.25) is 0 Å². The van der Waals surface area contributed by atoms with Gasteiger partial charge in [0.15, 0.2) is 0 Å². The molecule has 0 radical (unpaired) electrons. The van der Waals surface area contributed by atoms with Crippen LogP contribution >= 0.6 is 0 Å². The molecule has 0 saturated heterocycles. The van der Waals surface area contributed by atoms with E-state index >= 15 is 0 Å². The molecular formula is C19H20N5O2-. The summed E-state index contributed by atoms with van der Waals surface area (Å²) in [7, 11) is 1.60. The zero-order chi connectivity index (χ0) is 18.4. The zero-order valence-electron chi connectivity index (χ0n) is 14.7. The van der Waals surface area contributed by atoms with Crippen LogP contribution in [0.15, 0.2) is 48.5 Å². The number of hydrogen-bond donors (Lipinski definition) is 1. The van der Waals surface area contributed by atoms with Crippen molar-refractivity contribution in [1.82, 2.24) is 20.6 Å². The molecule has 7 heteroatoms. The van der Waals surface area contributed by atoms with Crippen molar-refractivity contribution in [2.45, 2.75) is 25.7 Å². The topological polar surface area (TPSA) is 91.1 Å². The van der Waals surface area contributed by atoms with Crippen LogP contribution in [-0.2, 0) is 17.6 Å². The van der Waals surface area contributed by atoms with Crippen molar-refractivity contribution in [3.8, 4) is 5.75 Å². The highest BCUT2D eigenvalue weighted by molar-refractivity contribution is 5.95. The Labute approximate surface area is 151 Å². The third kappa shape index (κ3) is 4.24. The first-order valence-corrected chi connectivity index (χ1v) is 8.41. The van der Waals surface area contributed by atoms with Gasteiger partial charge in [-0.2, -0.15) is 5.21 Å². The number of benzene rings is 2. The van der Waals surface area contributed by atoms with Gasteiger partial charge in [0, 0.05) is 11.5 Å². The van der Waals surface area contributed by atoms with E-state index in [1.54, 1.807) is 31.4 Å². The van der Waals surface area contributed by atoms with Crippen LogP contribution in [0.1, 0.15) is 29.8 Å². The molecule has 1 atom stereocenters. The molecule has 0 aliphatic carbocycles. The number of ether oxygens (including phenoxy) is 1. The first-order valence-electron chi connectivity index (χ1n) is 8.41. The molecule has 3 aromatic rings. The van der Waals surface area contributed by atoms with Crippen molar-refractivity contribution in [1.29, 1.82) is 0 Å². The fourth-order valence-electron chi connectivity index (χ4n) is 2.64. The molecule has 0 spiro atoms. The summed E-state index contributed by atoms with van der Waals surface area (Å²) in [6.45, 7) is 2.11. The van der Waals surface area contributed by atoms with Gasteiger partial charge >= 0.3 is 0 Å². The summed E-state index contributed by atoms with van der Waals surface area (Å²) in [5.74, 6) is 0.267. The number of amides is 1. The molecule has 0 saturated carbocycles. The number of nitrogens with one attached hydrogen (secondary N) is 1. The first kappa shape index (κ1) is 17.6. The Hall–Kier alpha value is -3.22. The predicted octanol–water partition coefficient (Wildman–Crippen LogP) is 2.36. The molecule has 7 nitrogen and oxygen atoms in total. The Morgan fingerprint density at radius 1 is 1.12 bits per heavy atom. The van der Waals surface area contributed by atoms with Gasteiger partial charge in [0.25, 0.3) is 0 Å². The number of carbonyl (C=O) groups excluding carboxylic acids is 1. The predicted molar refractivity (Wildman–Crippen MR) is 97.0 cm³/mol. The molecule has 2 aromatic carbocycles. The van der Waals surface area contributed by atoms with E-state index in [4.69, 9.17) is 4.74 Å². The van der Waals surface area contributed by atoms with Crippen LogP contribution in [-0.4, -0.2) is 28.5 Å². The molecule has 3 rings (SSSR count). The van der Waals surface area contributed by atoms with Crippen molar-refractivity contribution in [3.63, 3.8) is 0 Å². The zero-order valence-corrected chi connectivity index (χ0v) is 14.7. The summed E-state index contributed by atoms with van der Waals surface area (Å²) in [5.41, 5.74) is 2.96. The minimum atomic E-state index is -0.570. The van der Waals surface area contributed by atoms with Crippen molar-refractivity contribution in [2.75, 3.05) is 12.4 Å². The van der Waals surface area contributed by atoms with Gasteiger partial charge in [-0.25, -0.2) is 0 Å². The van der Waals surface area contributed by atoms with Crippen LogP contribution in [0.5, 0.6) is 5.75 Å². The van der Waals surface area contributed by atoms with Gasteiger partial charge in [-0.05, 0) is 48.2 Å². The highest BCUT2D eigenvalue weighted by Gasteiger charge is 2.21. The Morgan fingerprint density at radius 3 is 2.38 bits per heavy atom. The molecule has 0 fully saturated rings. The molecule has 1 amide bonds. The van der Waals surface area contributed by atoms with Gasteiger partial charge in [0.05, 0.1) is 13.0 Å².